The minimum Gasteiger partial charge on any atom is -0.492 e. The lowest BCUT2D eigenvalue weighted by Gasteiger charge is -2.22. The summed E-state index contributed by atoms with van der Waals surface area (Å²) >= 11 is 0. The Morgan fingerprint density at radius 3 is 2.56 bits per heavy atom. The first-order valence-electron chi connectivity index (χ1n) is 8.61. The van der Waals surface area contributed by atoms with Gasteiger partial charge in [0.05, 0.1) is 13.1 Å². The van der Waals surface area contributed by atoms with Crippen LogP contribution in [0.15, 0.2) is 35.3 Å². The molecule has 0 unspecified atom stereocenters. The Kier molecular flexibility index (Phi) is 13.9. The molecule has 6 nitrogen and oxygen atoms in total. The van der Waals surface area contributed by atoms with Gasteiger partial charge in [0.1, 0.15) is 12.4 Å². The highest BCUT2D eigenvalue weighted by Crippen LogP contribution is 2.07. The molecule has 0 spiro atoms. The monoisotopic (exact) mass is 462 g/mol. The van der Waals surface area contributed by atoms with Crippen molar-refractivity contribution in [3.63, 3.8) is 0 Å². The first kappa shape index (κ1) is 23.5. The van der Waals surface area contributed by atoms with Crippen LogP contribution in [0.4, 0.5) is 0 Å². The zero-order valence-corrected chi connectivity index (χ0v) is 17.8. The van der Waals surface area contributed by atoms with Gasteiger partial charge in [-0.2, -0.15) is 0 Å². The van der Waals surface area contributed by atoms with Gasteiger partial charge in [0.15, 0.2) is 5.96 Å². The number of para-hydroxylation sites is 1. The van der Waals surface area contributed by atoms with Crippen LogP contribution in [0.1, 0.15) is 26.7 Å². The SMILES string of the molecule is CCCNC(=O)CCN=C(NCC)N(C)CCOc1ccccc1.I. The fraction of sp³-hybridized carbons (Fsp3) is 0.556. The number of likely N-dealkylation sites (N-methyl/N-ethyl adjacent to an activating group) is 1. The standard InChI is InChI=1S/C18H30N4O2.HI/c1-4-12-20-17(23)11-13-21-18(19-5-2)22(3)14-15-24-16-9-7-6-8-10-16;/h6-10H,4-5,11-15H2,1-3H3,(H,19,21)(H,20,23);1H. The molecule has 0 aliphatic heterocycles. The summed E-state index contributed by atoms with van der Waals surface area (Å²) in [5, 5.41) is 6.09. The highest BCUT2D eigenvalue weighted by molar-refractivity contribution is 14.0. The average molecular weight is 462 g/mol. The summed E-state index contributed by atoms with van der Waals surface area (Å²) < 4.78 is 5.70. The van der Waals surface area contributed by atoms with Crippen LogP contribution in [0, 0.1) is 0 Å². The molecular weight excluding hydrogens is 431 g/mol. The Hall–Kier alpha value is -1.51. The van der Waals surface area contributed by atoms with Crippen LogP contribution >= 0.6 is 24.0 Å². The molecule has 1 aromatic rings. The first-order valence-corrected chi connectivity index (χ1v) is 8.61. The molecule has 0 heterocycles. The largest absolute Gasteiger partial charge is 0.492 e. The Balaban J connectivity index is 0.00000576. The lowest BCUT2D eigenvalue weighted by atomic mass is 10.3. The predicted molar refractivity (Wildman–Crippen MR) is 114 cm³/mol. The van der Waals surface area contributed by atoms with E-state index in [0.29, 0.717) is 26.1 Å². The number of halogens is 1. The summed E-state index contributed by atoms with van der Waals surface area (Å²) in [6.45, 7) is 7.32. The molecule has 0 aliphatic carbocycles. The predicted octanol–water partition coefficient (Wildman–Crippen LogP) is 2.50. The molecule has 1 rings (SSSR count). The van der Waals surface area contributed by atoms with Gasteiger partial charge in [-0.25, -0.2) is 0 Å². The van der Waals surface area contributed by atoms with Crippen molar-refractivity contribution < 1.29 is 9.53 Å². The van der Waals surface area contributed by atoms with Gasteiger partial charge in [-0.05, 0) is 25.5 Å². The molecule has 0 fully saturated rings. The van der Waals surface area contributed by atoms with Gasteiger partial charge in [-0.3, -0.25) is 9.79 Å². The quantitative estimate of drug-likeness (QED) is 0.319. The number of carbonyl (C=O) groups is 1. The van der Waals surface area contributed by atoms with E-state index in [0.717, 1.165) is 31.2 Å². The van der Waals surface area contributed by atoms with Crippen molar-refractivity contribution in [3.05, 3.63) is 30.3 Å². The van der Waals surface area contributed by atoms with E-state index in [1.165, 1.54) is 0 Å². The van der Waals surface area contributed by atoms with Crippen molar-refractivity contribution in [1.82, 2.24) is 15.5 Å². The Morgan fingerprint density at radius 2 is 1.92 bits per heavy atom. The molecule has 142 valence electrons. The molecule has 1 amide bonds. The van der Waals surface area contributed by atoms with Crippen LogP contribution in [0.3, 0.4) is 0 Å². The van der Waals surface area contributed by atoms with Crippen LogP contribution in [0.5, 0.6) is 5.75 Å². The number of guanidine groups is 1. The second kappa shape index (κ2) is 14.8. The average Bonchev–Trinajstić information content (AvgIpc) is 2.60. The second-order valence-corrected chi connectivity index (χ2v) is 5.42. The van der Waals surface area contributed by atoms with Crippen LogP contribution in [0.25, 0.3) is 0 Å². The van der Waals surface area contributed by atoms with E-state index in [2.05, 4.69) is 15.6 Å². The molecular formula is C18H31IN4O2. The third kappa shape index (κ3) is 10.9. The fourth-order valence-electron chi connectivity index (χ4n) is 2.01. The molecule has 1 aromatic carbocycles. The molecule has 0 saturated heterocycles. The van der Waals surface area contributed by atoms with Crippen LogP contribution in [-0.2, 0) is 4.79 Å². The number of ether oxygens (including phenoxy) is 1. The van der Waals surface area contributed by atoms with Crippen molar-refractivity contribution in [2.24, 2.45) is 4.99 Å². The number of nitrogens with one attached hydrogen (secondary N) is 2. The number of rotatable bonds is 10. The zero-order valence-electron chi connectivity index (χ0n) is 15.5. The maximum atomic E-state index is 11.6. The fourth-order valence-corrected chi connectivity index (χ4v) is 2.01. The smallest absolute Gasteiger partial charge is 0.221 e. The van der Waals surface area contributed by atoms with E-state index in [1.807, 2.05) is 56.1 Å². The summed E-state index contributed by atoms with van der Waals surface area (Å²) in [7, 11) is 1.97. The molecule has 0 radical (unpaired) electrons. The van der Waals surface area contributed by atoms with Crippen LogP contribution in [0.2, 0.25) is 0 Å². The topological polar surface area (TPSA) is 66.0 Å². The summed E-state index contributed by atoms with van der Waals surface area (Å²) in [5.74, 6) is 1.70. The second-order valence-electron chi connectivity index (χ2n) is 5.42. The van der Waals surface area contributed by atoms with E-state index in [1.54, 1.807) is 0 Å². The molecule has 0 bridgehead atoms. The molecule has 0 aromatic heterocycles. The first-order chi connectivity index (χ1) is 11.7. The molecule has 7 heteroatoms. The molecule has 0 atom stereocenters. The Morgan fingerprint density at radius 1 is 1.20 bits per heavy atom. The number of carbonyl (C=O) groups excluding carboxylic acids is 1. The summed E-state index contributed by atoms with van der Waals surface area (Å²) in [6.07, 6.45) is 1.35. The van der Waals surface area contributed by atoms with Crippen molar-refractivity contribution in [2.75, 3.05) is 39.8 Å². The van der Waals surface area contributed by atoms with Crippen molar-refractivity contribution in [3.8, 4) is 5.75 Å². The highest BCUT2D eigenvalue weighted by Gasteiger charge is 2.06. The summed E-state index contributed by atoms with van der Waals surface area (Å²) in [4.78, 5) is 18.1. The van der Waals surface area contributed by atoms with Crippen molar-refractivity contribution >= 4 is 35.8 Å². The maximum Gasteiger partial charge on any atom is 0.221 e. The molecule has 2 N–H and O–H groups in total. The number of amides is 1. The van der Waals surface area contributed by atoms with E-state index in [9.17, 15) is 4.79 Å². The van der Waals surface area contributed by atoms with Gasteiger partial charge >= 0.3 is 0 Å². The molecule has 0 aliphatic rings. The van der Waals surface area contributed by atoms with Gasteiger partial charge in [-0.15, -0.1) is 24.0 Å². The van der Waals surface area contributed by atoms with E-state index in [4.69, 9.17) is 4.74 Å². The van der Waals surface area contributed by atoms with Crippen LogP contribution < -0.4 is 15.4 Å². The zero-order chi connectivity index (χ0) is 17.6. The lowest BCUT2D eigenvalue weighted by molar-refractivity contribution is -0.120. The van der Waals surface area contributed by atoms with E-state index < -0.39 is 0 Å². The highest BCUT2D eigenvalue weighted by atomic mass is 127. The summed E-state index contributed by atoms with van der Waals surface area (Å²) in [6, 6.07) is 9.75. The van der Waals surface area contributed by atoms with Gasteiger partial charge in [0.2, 0.25) is 5.91 Å². The van der Waals surface area contributed by atoms with Gasteiger partial charge in [0.25, 0.3) is 0 Å². The Bertz CT molecular complexity index is 497. The molecule has 0 saturated carbocycles. The molecule has 25 heavy (non-hydrogen) atoms. The number of hydrogen-bond acceptors (Lipinski definition) is 3. The van der Waals surface area contributed by atoms with Crippen molar-refractivity contribution in [2.45, 2.75) is 26.7 Å². The van der Waals surface area contributed by atoms with Crippen LogP contribution in [-0.4, -0.2) is 56.6 Å². The van der Waals surface area contributed by atoms with Crippen molar-refractivity contribution in [1.29, 1.82) is 0 Å². The minimum atomic E-state index is 0. The third-order valence-electron chi connectivity index (χ3n) is 3.31. The number of aliphatic imine (C=N–C) groups is 1. The van der Waals surface area contributed by atoms with Gasteiger partial charge < -0.3 is 20.3 Å². The Labute approximate surface area is 168 Å². The van der Waals surface area contributed by atoms with Gasteiger partial charge in [-0.1, -0.05) is 25.1 Å². The minimum absolute atomic E-state index is 0. The normalized spacial score (nSPS) is 10.6. The third-order valence-corrected chi connectivity index (χ3v) is 3.31. The number of nitrogens with zero attached hydrogens (tertiary/aromatic N) is 2. The van der Waals surface area contributed by atoms with Gasteiger partial charge in [0, 0.05) is 26.6 Å². The number of benzene rings is 1. The maximum absolute atomic E-state index is 11.6. The lowest BCUT2D eigenvalue weighted by Crippen LogP contribution is -2.41. The van der Waals surface area contributed by atoms with E-state index in [-0.39, 0.29) is 29.9 Å². The number of hydrogen-bond donors (Lipinski definition) is 2. The van der Waals surface area contributed by atoms with E-state index >= 15 is 0 Å². The summed E-state index contributed by atoms with van der Waals surface area (Å²) in [5.41, 5.74) is 0.